The van der Waals surface area contributed by atoms with Crippen LogP contribution in [0, 0.1) is 5.92 Å². The number of nitrogens with one attached hydrogen (secondary N) is 3. The Hall–Kier alpha value is -3.42. The lowest BCUT2D eigenvalue weighted by Crippen LogP contribution is -2.58. The van der Waals surface area contributed by atoms with E-state index in [1.165, 1.54) is 6.92 Å². The van der Waals surface area contributed by atoms with E-state index in [0.717, 1.165) is 0 Å². The molecule has 0 aliphatic carbocycles. The molecule has 0 saturated carbocycles. The summed E-state index contributed by atoms with van der Waals surface area (Å²) in [6, 6.07) is -4.38. The van der Waals surface area contributed by atoms with Crippen LogP contribution in [-0.4, -0.2) is 71.4 Å². The maximum Gasteiger partial charge on any atom is 0.326 e. The molecule has 0 heterocycles. The van der Waals surface area contributed by atoms with E-state index in [1.807, 2.05) is 0 Å². The maximum absolute atomic E-state index is 12.9. The van der Waals surface area contributed by atoms with Crippen LogP contribution in [0.25, 0.3) is 0 Å². The first kappa shape index (κ1) is 29.6. The van der Waals surface area contributed by atoms with Crippen LogP contribution in [0.2, 0.25) is 0 Å². The van der Waals surface area contributed by atoms with Gasteiger partial charge in [-0.1, -0.05) is 13.8 Å². The number of hydrogen-bond acceptors (Lipinski definition) is 7. The summed E-state index contributed by atoms with van der Waals surface area (Å²) < 4.78 is 0. The molecule has 188 valence electrons. The average Bonchev–Trinajstić information content (AvgIpc) is 2.69. The smallest absolute Gasteiger partial charge is 0.326 e. The standard InChI is InChI=1S/C19H36N8O6/c1-9(2)14(17(31)26-12(18(32)33)6-7-13(21)28)27-16(30)11(25-15(29)10(3)20)5-4-8-24-19(22)23/h9-12,14H,4-8,20H2,1-3H3,(H2,21,28)(H,25,29)(H,26,31)(H,27,30)(H,32,33)(H4,22,23,24). The number of hydrogen-bond donors (Lipinski definition) is 8. The minimum Gasteiger partial charge on any atom is -0.480 e. The number of guanidine groups is 1. The Morgan fingerprint density at radius 2 is 1.42 bits per heavy atom. The second-order valence-corrected chi connectivity index (χ2v) is 7.93. The Labute approximate surface area is 192 Å². The number of primary amides is 1. The van der Waals surface area contributed by atoms with E-state index in [9.17, 15) is 29.1 Å². The van der Waals surface area contributed by atoms with Crippen molar-refractivity contribution in [3.05, 3.63) is 0 Å². The summed E-state index contributed by atoms with van der Waals surface area (Å²) in [7, 11) is 0. The van der Waals surface area contributed by atoms with Crippen LogP contribution in [0.5, 0.6) is 0 Å². The van der Waals surface area contributed by atoms with E-state index in [0.29, 0.717) is 6.42 Å². The predicted molar refractivity (Wildman–Crippen MR) is 120 cm³/mol. The SMILES string of the molecule is CC(N)C(=O)NC(CCCN=C(N)N)C(=O)NC(C(=O)NC(CCC(N)=O)C(=O)O)C(C)C. The molecule has 0 aromatic carbocycles. The van der Waals surface area contributed by atoms with Gasteiger partial charge in [-0.3, -0.25) is 24.2 Å². The second kappa shape index (κ2) is 14.6. The lowest BCUT2D eigenvalue weighted by molar-refractivity contribution is -0.143. The molecule has 0 aromatic heterocycles. The van der Waals surface area contributed by atoms with E-state index >= 15 is 0 Å². The highest BCUT2D eigenvalue weighted by molar-refractivity contribution is 5.94. The molecule has 0 aliphatic heterocycles. The average molecular weight is 473 g/mol. The third-order valence-corrected chi connectivity index (χ3v) is 4.53. The summed E-state index contributed by atoms with van der Waals surface area (Å²) in [4.78, 5) is 63.8. The fraction of sp³-hybridized carbons (Fsp3) is 0.684. The third-order valence-electron chi connectivity index (χ3n) is 4.53. The molecule has 0 rings (SSSR count). The fourth-order valence-electron chi connectivity index (χ4n) is 2.67. The zero-order valence-electron chi connectivity index (χ0n) is 19.2. The van der Waals surface area contributed by atoms with Gasteiger partial charge < -0.3 is 44.0 Å². The van der Waals surface area contributed by atoms with Gasteiger partial charge in [-0.15, -0.1) is 0 Å². The monoisotopic (exact) mass is 472 g/mol. The molecule has 12 N–H and O–H groups in total. The molecule has 14 nitrogen and oxygen atoms in total. The van der Waals surface area contributed by atoms with Crippen LogP contribution in [0.1, 0.15) is 46.5 Å². The first-order valence-electron chi connectivity index (χ1n) is 10.5. The van der Waals surface area contributed by atoms with Gasteiger partial charge in [-0.25, -0.2) is 4.79 Å². The summed E-state index contributed by atoms with van der Waals surface area (Å²) in [6.45, 7) is 4.97. The van der Waals surface area contributed by atoms with Gasteiger partial charge in [-0.05, 0) is 32.1 Å². The normalized spacial score (nSPS) is 14.3. The minimum atomic E-state index is -1.36. The Kier molecular flexibility index (Phi) is 13.1. The molecule has 0 saturated heterocycles. The van der Waals surface area contributed by atoms with Crippen molar-refractivity contribution in [1.29, 1.82) is 0 Å². The van der Waals surface area contributed by atoms with Crippen molar-refractivity contribution in [2.45, 2.75) is 70.6 Å². The largest absolute Gasteiger partial charge is 0.480 e. The molecule has 0 aliphatic rings. The maximum atomic E-state index is 12.9. The molecule has 4 unspecified atom stereocenters. The number of nitrogens with two attached hydrogens (primary N) is 4. The van der Waals surface area contributed by atoms with Gasteiger partial charge in [0.05, 0.1) is 6.04 Å². The molecule has 33 heavy (non-hydrogen) atoms. The van der Waals surface area contributed by atoms with E-state index in [4.69, 9.17) is 22.9 Å². The van der Waals surface area contributed by atoms with Crippen LogP contribution in [0.3, 0.4) is 0 Å². The third kappa shape index (κ3) is 12.3. The lowest BCUT2D eigenvalue weighted by Gasteiger charge is -2.27. The van der Waals surface area contributed by atoms with Crippen molar-refractivity contribution in [1.82, 2.24) is 16.0 Å². The molecular formula is C19H36N8O6. The van der Waals surface area contributed by atoms with Crippen molar-refractivity contribution in [2.75, 3.05) is 6.54 Å². The highest BCUT2D eigenvalue weighted by Crippen LogP contribution is 2.07. The fourth-order valence-corrected chi connectivity index (χ4v) is 2.67. The van der Waals surface area contributed by atoms with Gasteiger partial charge in [0.1, 0.15) is 18.1 Å². The quantitative estimate of drug-likeness (QED) is 0.0678. The van der Waals surface area contributed by atoms with Crippen LogP contribution in [-0.2, 0) is 24.0 Å². The van der Waals surface area contributed by atoms with Crippen molar-refractivity contribution >= 4 is 35.6 Å². The molecule has 14 heteroatoms. The van der Waals surface area contributed by atoms with E-state index in [-0.39, 0.29) is 31.8 Å². The summed E-state index contributed by atoms with van der Waals surface area (Å²) >= 11 is 0. The number of aliphatic carboxylic acids is 1. The molecular weight excluding hydrogens is 436 g/mol. The second-order valence-electron chi connectivity index (χ2n) is 7.93. The van der Waals surface area contributed by atoms with Gasteiger partial charge >= 0.3 is 5.97 Å². The Morgan fingerprint density at radius 3 is 1.88 bits per heavy atom. The van der Waals surface area contributed by atoms with Crippen molar-refractivity contribution in [3.8, 4) is 0 Å². The van der Waals surface area contributed by atoms with Gasteiger partial charge in [0, 0.05) is 13.0 Å². The molecule has 0 bridgehead atoms. The molecule has 0 fully saturated rings. The number of carboxylic acid groups (broad SMARTS) is 1. The molecule has 0 aromatic rings. The van der Waals surface area contributed by atoms with E-state index in [1.54, 1.807) is 13.8 Å². The first-order valence-corrected chi connectivity index (χ1v) is 10.5. The van der Waals surface area contributed by atoms with Crippen molar-refractivity contribution in [2.24, 2.45) is 33.8 Å². The predicted octanol–water partition coefficient (Wildman–Crippen LogP) is -3.15. The zero-order chi connectivity index (χ0) is 25.7. The van der Waals surface area contributed by atoms with E-state index in [2.05, 4.69) is 20.9 Å². The molecule has 4 atom stereocenters. The lowest BCUT2D eigenvalue weighted by atomic mass is 10.0. The Bertz CT molecular complexity index is 736. The van der Waals surface area contributed by atoms with Crippen LogP contribution < -0.4 is 38.9 Å². The zero-order valence-corrected chi connectivity index (χ0v) is 19.2. The summed E-state index contributed by atoms with van der Waals surface area (Å²) in [6.07, 6.45) is 0.0655. The van der Waals surface area contributed by atoms with Gasteiger partial charge in [0.15, 0.2) is 5.96 Å². The van der Waals surface area contributed by atoms with Gasteiger partial charge in [0.2, 0.25) is 23.6 Å². The Balaban J connectivity index is 5.39. The van der Waals surface area contributed by atoms with Gasteiger partial charge in [0.25, 0.3) is 0 Å². The van der Waals surface area contributed by atoms with Crippen LogP contribution >= 0.6 is 0 Å². The minimum absolute atomic E-state index is 0.114. The first-order chi connectivity index (χ1) is 15.3. The summed E-state index contributed by atoms with van der Waals surface area (Å²) in [5, 5.41) is 16.7. The number of nitrogens with zero attached hydrogens (tertiary/aromatic N) is 1. The van der Waals surface area contributed by atoms with Crippen LogP contribution in [0.15, 0.2) is 4.99 Å². The van der Waals surface area contributed by atoms with Crippen LogP contribution in [0.4, 0.5) is 0 Å². The highest BCUT2D eigenvalue weighted by atomic mass is 16.4. The number of carboxylic acids is 1. The number of amides is 4. The Morgan fingerprint density at radius 1 is 0.848 bits per heavy atom. The van der Waals surface area contributed by atoms with Crippen molar-refractivity contribution in [3.63, 3.8) is 0 Å². The van der Waals surface area contributed by atoms with Crippen molar-refractivity contribution < 1.29 is 29.1 Å². The van der Waals surface area contributed by atoms with Gasteiger partial charge in [-0.2, -0.15) is 0 Å². The number of carbonyl (C=O) groups is 5. The summed E-state index contributed by atoms with van der Waals surface area (Å²) in [5.74, 6) is -4.58. The van der Waals surface area contributed by atoms with E-state index < -0.39 is 59.7 Å². The molecule has 0 spiro atoms. The number of aliphatic imine (C=N–C) groups is 1. The molecule has 4 amide bonds. The highest BCUT2D eigenvalue weighted by Gasteiger charge is 2.31. The number of rotatable bonds is 15. The summed E-state index contributed by atoms with van der Waals surface area (Å²) in [5.41, 5.74) is 21.1. The molecule has 0 radical (unpaired) electrons. The number of carbonyl (C=O) groups excluding carboxylic acids is 4. The topological polar surface area (TPSA) is 258 Å².